The highest BCUT2D eigenvalue weighted by molar-refractivity contribution is 8.13. The number of hydrogen-bond acceptors (Lipinski definition) is 4. The maximum atomic E-state index is 11.2. The van der Waals surface area contributed by atoms with Gasteiger partial charge in [-0.05, 0) is 37.1 Å². The van der Waals surface area contributed by atoms with Crippen LogP contribution in [-0.2, 0) is 13.8 Å². The Bertz CT molecular complexity index is 554. The summed E-state index contributed by atoms with van der Waals surface area (Å²) in [4.78, 5) is 10.6. The minimum absolute atomic E-state index is 0.0306. The van der Waals surface area contributed by atoms with E-state index in [1.807, 2.05) is 0 Å². The number of aryl methyl sites for hydroxylation is 2. The summed E-state index contributed by atoms with van der Waals surface area (Å²) < 4.78 is 27.6. The van der Waals surface area contributed by atoms with Crippen molar-refractivity contribution in [1.82, 2.24) is 0 Å². The van der Waals surface area contributed by atoms with Gasteiger partial charge in [-0.3, -0.25) is 4.79 Å². The van der Waals surface area contributed by atoms with Crippen LogP contribution in [0.3, 0.4) is 0 Å². The quantitative estimate of drug-likeness (QED) is 0.835. The molecule has 1 aromatic carbocycles. The molecule has 5 nitrogen and oxygen atoms in total. The molecule has 0 saturated heterocycles. The Hall–Kier alpha value is -1.27. The Kier molecular flexibility index (Phi) is 4.00. The molecule has 2 N–H and O–H groups in total. The topological polar surface area (TPSA) is 86.5 Å². The maximum Gasteiger partial charge on any atom is 0.261 e. The molecule has 94 valence electrons. The van der Waals surface area contributed by atoms with Gasteiger partial charge in [0.1, 0.15) is 5.75 Å². The van der Waals surface area contributed by atoms with Crippen molar-refractivity contribution in [2.75, 3.05) is 6.61 Å². The van der Waals surface area contributed by atoms with Gasteiger partial charge in [0.15, 0.2) is 6.61 Å². The number of carbonyl (C=O) groups excluding carboxylic acids is 1. The normalized spacial score (nSPS) is 11.2. The number of rotatable bonds is 4. The van der Waals surface area contributed by atoms with Crippen LogP contribution >= 0.6 is 10.7 Å². The molecule has 0 atom stereocenters. The Morgan fingerprint density at radius 1 is 1.35 bits per heavy atom. The predicted octanol–water partition coefficient (Wildman–Crippen LogP) is 1.10. The highest BCUT2D eigenvalue weighted by Crippen LogP contribution is 2.27. The average molecular weight is 278 g/mol. The van der Waals surface area contributed by atoms with Gasteiger partial charge in [-0.1, -0.05) is 0 Å². The lowest BCUT2D eigenvalue weighted by Gasteiger charge is -2.10. The third-order valence-electron chi connectivity index (χ3n) is 2.11. The van der Waals surface area contributed by atoms with Gasteiger partial charge in [0.25, 0.3) is 15.0 Å². The van der Waals surface area contributed by atoms with Crippen molar-refractivity contribution >= 4 is 25.6 Å². The molecule has 7 heteroatoms. The van der Waals surface area contributed by atoms with Crippen molar-refractivity contribution in [3.63, 3.8) is 0 Å². The summed E-state index contributed by atoms with van der Waals surface area (Å²) in [5.41, 5.74) is 5.96. The molecule has 0 heterocycles. The van der Waals surface area contributed by atoms with Gasteiger partial charge >= 0.3 is 0 Å². The number of primary amides is 1. The first kappa shape index (κ1) is 13.8. The van der Waals surface area contributed by atoms with Crippen LogP contribution in [-0.4, -0.2) is 20.9 Å². The summed E-state index contributed by atoms with van der Waals surface area (Å²) >= 11 is 0. The number of halogens is 1. The molecule has 0 aliphatic heterocycles. The summed E-state index contributed by atoms with van der Waals surface area (Å²) in [6.07, 6.45) is 0. The van der Waals surface area contributed by atoms with E-state index in [-0.39, 0.29) is 11.5 Å². The molecule has 0 fully saturated rings. The fraction of sp³-hybridized carbons (Fsp3) is 0.300. The molecule has 0 aliphatic rings. The first-order valence-electron chi connectivity index (χ1n) is 4.69. The summed E-state index contributed by atoms with van der Waals surface area (Å²) in [5, 5.41) is 0. The van der Waals surface area contributed by atoms with E-state index in [1.54, 1.807) is 13.8 Å². The van der Waals surface area contributed by atoms with Crippen LogP contribution in [0.1, 0.15) is 11.1 Å². The number of ether oxygens (including phenoxy) is 1. The Balaban J connectivity index is 3.14. The Morgan fingerprint density at radius 3 is 2.41 bits per heavy atom. The molecule has 1 amide bonds. The fourth-order valence-electron chi connectivity index (χ4n) is 1.33. The lowest BCUT2D eigenvalue weighted by atomic mass is 10.1. The zero-order valence-electron chi connectivity index (χ0n) is 9.36. The number of amides is 1. The Labute approximate surface area is 104 Å². The molecule has 1 rings (SSSR count). The monoisotopic (exact) mass is 277 g/mol. The van der Waals surface area contributed by atoms with E-state index in [4.69, 9.17) is 21.2 Å². The first-order chi connectivity index (χ1) is 7.71. The fourth-order valence-corrected chi connectivity index (χ4v) is 2.59. The molecule has 0 saturated carbocycles. The lowest BCUT2D eigenvalue weighted by Crippen LogP contribution is -2.20. The van der Waals surface area contributed by atoms with Crippen molar-refractivity contribution in [3.05, 3.63) is 23.3 Å². The zero-order valence-corrected chi connectivity index (χ0v) is 10.9. The molecule has 0 aliphatic carbocycles. The minimum atomic E-state index is -3.78. The van der Waals surface area contributed by atoms with Gasteiger partial charge in [-0.25, -0.2) is 8.42 Å². The van der Waals surface area contributed by atoms with E-state index in [1.165, 1.54) is 12.1 Å². The second kappa shape index (κ2) is 4.93. The average Bonchev–Trinajstić information content (AvgIpc) is 2.17. The molecule has 1 aromatic rings. The second-order valence-corrected chi connectivity index (χ2v) is 6.11. The van der Waals surface area contributed by atoms with Crippen molar-refractivity contribution in [2.24, 2.45) is 5.73 Å². The van der Waals surface area contributed by atoms with Crippen molar-refractivity contribution < 1.29 is 17.9 Å². The smallest absolute Gasteiger partial charge is 0.261 e. The third kappa shape index (κ3) is 3.61. The third-order valence-corrected chi connectivity index (χ3v) is 3.57. The van der Waals surface area contributed by atoms with Gasteiger partial charge < -0.3 is 10.5 Å². The first-order valence-corrected chi connectivity index (χ1v) is 6.99. The molecular formula is C10H12ClNO4S. The largest absolute Gasteiger partial charge is 0.484 e. The van der Waals surface area contributed by atoms with Crippen LogP contribution < -0.4 is 10.5 Å². The molecule has 0 radical (unpaired) electrons. The number of carbonyl (C=O) groups is 1. The van der Waals surface area contributed by atoms with Crippen LogP contribution in [0, 0.1) is 13.8 Å². The van der Waals surface area contributed by atoms with E-state index in [2.05, 4.69) is 0 Å². The van der Waals surface area contributed by atoms with Crippen LogP contribution in [0.4, 0.5) is 0 Å². The second-order valence-electron chi connectivity index (χ2n) is 3.58. The highest BCUT2D eigenvalue weighted by atomic mass is 35.7. The molecular weight excluding hydrogens is 266 g/mol. The van der Waals surface area contributed by atoms with Gasteiger partial charge in [0, 0.05) is 10.7 Å². The molecule has 0 unspecified atom stereocenters. The molecule has 0 aromatic heterocycles. The van der Waals surface area contributed by atoms with Gasteiger partial charge in [0.05, 0.1) is 4.90 Å². The van der Waals surface area contributed by atoms with Gasteiger partial charge in [-0.2, -0.15) is 0 Å². The van der Waals surface area contributed by atoms with E-state index in [0.29, 0.717) is 16.9 Å². The van der Waals surface area contributed by atoms with Gasteiger partial charge in [0.2, 0.25) is 0 Å². The summed E-state index contributed by atoms with van der Waals surface area (Å²) in [7, 11) is 1.49. The summed E-state index contributed by atoms with van der Waals surface area (Å²) in [6.45, 7) is 2.99. The molecule has 0 spiro atoms. The van der Waals surface area contributed by atoms with Crippen LogP contribution in [0.25, 0.3) is 0 Å². The number of hydrogen-bond donors (Lipinski definition) is 1. The van der Waals surface area contributed by atoms with Crippen molar-refractivity contribution in [3.8, 4) is 5.75 Å². The van der Waals surface area contributed by atoms with E-state index < -0.39 is 15.0 Å². The van der Waals surface area contributed by atoms with E-state index >= 15 is 0 Å². The predicted molar refractivity (Wildman–Crippen MR) is 63.6 cm³/mol. The van der Waals surface area contributed by atoms with Crippen molar-refractivity contribution in [1.29, 1.82) is 0 Å². The number of benzene rings is 1. The maximum absolute atomic E-state index is 11.2. The number of nitrogens with two attached hydrogens (primary N) is 1. The highest BCUT2D eigenvalue weighted by Gasteiger charge is 2.16. The molecule has 17 heavy (non-hydrogen) atoms. The Morgan fingerprint density at radius 2 is 1.94 bits per heavy atom. The van der Waals surface area contributed by atoms with Crippen LogP contribution in [0.2, 0.25) is 0 Å². The van der Waals surface area contributed by atoms with Gasteiger partial charge in [-0.15, -0.1) is 0 Å². The minimum Gasteiger partial charge on any atom is -0.484 e. The molecule has 0 bridgehead atoms. The summed E-state index contributed by atoms with van der Waals surface area (Å²) in [5.74, 6) is -0.193. The van der Waals surface area contributed by atoms with E-state index in [0.717, 1.165) is 0 Å². The van der Waals surface area contributed by atoms with E-state index in [9.17, 15) is 13.2 Å². The lowest BCUT2D eigenvalue weighted by molar-refractivity contribution is -0.119. The summed E-state index contributed by atoms with van der Waals surface area (Å²) in [6, 6.07) is 2.90. The SMILES string of the molecule is Cc1cc(S(=O)(=O)Cl)c(C)cc1OCC(N)=O. The van der Waals surface area contributed by atoms with Crippen LogP contribution in [0.5, 0.6) is 5.75 Å². The van der Waals surface area contributed by atoms with Crippen molar-refractivity contribution in [2.45, 2.75) is 18.7 Å². The standard InChI is InChI=1S/C10H12ClNO4S/c1-6-4-9(17(11,14)15)7(2)3-8(6)16-5-10(12)13/h3-4H,5H2,1-2H3,(H2,12,13). The zero-order chi connectivity index (χ0) is 13.2. The van der Waals surface area contributed by atoms with Crippen LogP contribution in [0.15, 0.2) is 17.0 Å².